The van der Waals surface area contributed by atoms with E-state index in [1.807, 2.05) is 60.7 Å². The van der Waals surface area contributed by atoms with Gasteiger partial charge in [-0.3, -0.25) is 0 Å². The van der Waals surface area contributed by atoms with Gasteiger partial charge in [-0.1, -0.05) is 54.1 Å². The van der Waals surface area contributed by atoms with Crippen molar-refractivity contribution < 1.29 is 26.6 Å². The first-order valence-electron chi connectivity index (χ1n) is 8.83. The van der Waals surface area contributed by atoms with Gasteiger partial charge in [0.1, 0.15) is 12.4 Å². The summed E-state index contributed by atoms with van der Waals surface area (Å²) < 4.78 is 16.8. The number of hydrogen-bond donors (Lipinski definition) is 1. The van der Waals surface area contributed by atoms with Crippen molar-refractivity contribution in [1.29, 1.82) is 0 Å². The molecular formula is C22H20Cl2NO3-. The zero-order chi connectivity index (χ0) is 18.5. The van der Waals surface area contributed by atoms with E-state index in [2.05, 4.69) is 11.4 Å². The van der Waals surface area contributed by atoms with Gasteiger partial charge in [-0.2, -0.15) is 0 Å². The van der Waals surface area contributed by atoms with E-state index in [1.54, 1.807) is 0 Å². The molecule has 3 aromatic rings. The van der Waals surface area contributed by atoms with Crippen LogP contribution in [0, 0.1) is 0 Å². The molecular weight excluding hydrogens is 397 g/mol. The summed E-state index contributed by atoms with van der Waals surface area (Å²) in [6.07, 6.45) is 0. The molecule has 28 heavy (non-hydrogen) atoms. The quantitative estimate of drug-likeness (QED) is 0.638. The Kier molecular flexibility index (Phi) is 7.04. The molecule has 1 heterocycles. The molecule has 1 aliphatic rings. The van der Waals surface area contributed by atoms with E-state index in [1.165, 1.54) is 0 Å². The number of nitrogens with one attached hydrogen (secondary N) is 1. The van der Waals surface area contributed by atoms with Gasteiger partial charge in [-0.25, -0.2) is 0 Å². The summed E-state index contributed by atoms with van der Waals surface area (Å²) in [7, 11) is 0. The first-order valence-corrected chi connectivity index (χ1v) is 9.21. The number of ether oxygens (including phenoxy) is 3. The monoisotopic (exact) mass is 416 g/mol. The van der Waals surface area contributed by atoms with Gasteiger partial charge in [0.15, 0.2) is 11.5 Å². The second-order valence-electron chi connectivity index (χ2n) is 6.28. The van der Waals surface area contributed by atoms with Crippen molar-refractivity contribution >= 4 is 11.6 Å². The first kappa shape index (κ1) is 20.3. The van der Waals surface area contributed by atoms with Crippen LogP contribution in [0.1, 0.15) is 16.7 Å². The van der Waals surface area contributed by atoms with Crippen LogP contribution in [0.15, 0.2) is 66.7 Å². The zero-order valence-corrected chi connectivity index (χ0v) is 16.7. The number of halogens is 2. The number of para-hydroxylation sites is 1. The highest BCUT2D eigenvalue weighted by Crippen LogP contribution is 2.32. The van der Waals surface area contributed by atoms with Gasteiger partial charge in [0.25, 0.3) is 0 Å². The Morgan fingerprint density at radius 1 is 0.857 bits per heavy atom. The Labute approximate surface area is 175 Å². The van der Waals surface area contributed by atoms with Gasteiger partial charge >= 0.3 is 0 Å². The summed E-state index contributed by atoms with van der Waals surface area (Å²) in [4.78, 5) is 0. The molecule has 0 amide bonds. The lowest BCUT2D eigenvalue weighted by Gasteiger charge is -2.13. The van der Waals surface area contributed by atoms with E-state index in [4.69, 9.17) is 25.8 Å². The molecule has 0 aliphatic carbocycles. The normalized spacial score (nSPS) is 11.8. The van der Waals surface area contributed by atoms with Crippen molar-refractivity contribution in [2.75, 3.05) is 6.79 Å². The van der Waals surface area contributed by atoms with Gasteiger partial charge in [-0.05, 0) is 29.8 Å². The summed E-state index contributed by atoms with van der Waals surface area (Å²) in [5.74, 6) is 2.46. The van der Waals surface area contributed by atoms with Crippen LogP contribution in [0.25, 0.3) is 0 Å². The minimum absolute atomic E-state index is 0. The minimum atomic E-state index is 0. The molecule has 146 valence electrons. The first-order chi connectivity index (χ1) is 13.3. The zero-order valence-electron chi connectivity index (χ0n) is 15.2. The van der Waals surface area contributed by atoms with Crippen LogP contribution in [-0.2, 0) is 19.7 Å². The Morgan fingerprint density at radius 2 is 1.61 bits per heavy atom. The predicted molar refractivity (Wildman–Crippen MR) is 105 cm³/mol. The van der Waals surface area contributed by atoms with Crippen LogP contribution in [-0.4, -0.2) is 6.79 Å². The number of benzene rings is 3. The summed E-state index contributed by atoms with van der Waals surface area (Å²) in [5.41, 5.74) is 3.22. The Hall–Kier alpha value is -2.40. The molecule has 4 rings (SSSR count). The maximum atomic E-state index is 6.21. The van der Waals surface area contributed by atoms with Gasteiger partial charge in [-0.15, -0.1) is 0 Å². The van der Waals surface area contributed by atoms with Crippen LogP contribution in [0.4, 0.5) is 0 Å². The average Bonchev–Trinajstić information content (AvgIpc) is 3.16. The highest BCUT2D eigenvalue weighted by molar-refractivity contribution is 6.31. The van der Waals surface area contributed by atoms with Crippen LogP contribution >= 0.6 is 11.6 Å². The number of rotatable bonds is 7. The highest BCUT2D eigenvalue weighted by atomic mass is 35.5. The predicted octanol–water partition coefficient (Wildman–Crippen LogP) is 1.94. The minimum Gasteiger partial charge on any atom is -1.00 e. The van der Waals surface area contributed by atoms with E-state index in [9.17, 15) is 0 Å². The SMILES string of the molecule is Clc1ccccc1COc1ccccc1CNCc1ccc2c(c1)OCO2.[Cl-]. The fraction of sp³-hybridized carbons (Fsp3) is 0.182. The molecule has 0 bridgehead atoms. The van der Waals surface area contributed by atoms with E-state index >= 15 is 0 Å². The second kappa shape index (κ2) is 9.69. The fourth-order valence-corrected chi connectivity index (χ4v) is 3.14. The van der Waals surface area contributed by atoms with E-state index < -0.39 is 0 Å². The molecule has 1 aliphatic heterocycles. The molecule has 0 radical (unpaired) electrons. The lowest BCUT2D eigenvalue weighted by Crippen LogP contribution is -3.00. The van der Waals surface area contributed by atoms with Crippen molar-refractivity contribution in [2.24, 2.45) is 0 Å². The molecule has 0 aromatic heterocycles. The van der Waals surface area contributed by atoms with Crippen molar-refractivity contribution in [3.63, 3.8) is 0 Å². The van der Waals surface area contributed by atoms with Crippen LogP contribution in [0.3, 0.4) is 0 Å². The van der Waals surface area contributed by atoms with Gasteiger partial charge in [0, 0.05) is 29.2 Å². The second-order valence-corrected chi connectivity index (χ2v) is 6.69. The summed E-state index contributed by atoms with van der Waals surface area (Å²) in [6.45, 7) is 2.17. The Bertz CT molecular complexity index is 933. The van der Waals surface area contributed by atoms with Crippen LogP contribution in [0.2, 0.25) is 5.02 Å². The smallest absolute Gasteiger partial charge is 0.231 e. The van der Waals surface area contributed by atoms with Crippen LogP contribution in [0.5, 0.6) is 17.2 Å². The van der Waals surface area contributed by atoms with Crippen molar-refractivity contribution in [1.82, 2.24) is 5.32 Å². The topological polar surface area (TPSA) is 39.7 Å². The molecule has 0 unspecified atom stereocenters. The van der Waals surface area contributed by atoms with E-state index in [0.29, 0.717) is 19.9 Å². The molecule has 6 heteroatoms. The van der Waals surface area contributed by atoms with Crippen molar-refractivity contribution in [3.8, 4) is 17.2 Å². The molecule has 0 spiro atoms. The fourth-order valence-electron chi connectivity index (χ4n) is 2.95. The largest absolute Gasteiger partial charge is 1.00 e. The van der Waals surface area contributed by atoms with Gasteiger partial charge in [0.2, 0.25) is 6.79 Å². The maximum absolute atomic E-state index is 6.21. The molecule has 3 aromatic carbocycles. The summed E-state index contributed by atoms with van der Waals surface area (Å²) >= 11 is 6.21. The lowest BCUT2D eigenvalue weighted by molar-refractivity contribution is -0.00000719. The summed E-state index contributed by atoms with van der Waals surface area (Å²) in [5, 5.41) is 4.18. The third-order valence-corrected chi connectivity index (χ3v) is 4.76. The average molecular weight is 417 g/mol. The third-order valence-electron chi connectivity index (χ3n) is 4.40. The standard InChI is InChI=1S/C22H20ClNO3.ClH/c23-19-7-3-1-6-18(19)14-25-20-8-4-2-5-17(20)13-24-12-16-9-10-21-22(11-16)27-15-26-21;/h1-11,24H,12-15H2;1H/p-1. The molecule has 0 saturated heterocycles. The number of fused-ring (bicyclic) bond motifs is 1. The third kappa shape index (κ3) is 4.90. The van der Waals surface area contributed by atoms with Gasteiger partial charge < -0.3 is 31.9 Å². The molecule has 1 N–H and O–H groups in total. The van der Waals surface area contributed by atoms with E-state index in [-0.39, 0.29) is 12.4 Å². The Morgan fingerprint density at radius 3 is 2.46 bits per heavy atom. The summed E-state index contributed by atoms with van der Waals surface area (Å²) in [6, 6.07) is 21.8. The highest BCUT2D eigenvalue weighted by Gasteiger charge is 2.13. The maximum Gasteiger partial charge on any atom is 0.231 e. The molecule has 0 fully saturated rings. The molecule has 0 atom stereocenters. The van der Waals surface area contributed by atoms with Crippen molar-refractivity contribution in [3.05, 3.63) is 88.4 Å². The van der Waals surface area contributed by atoms with Crippen LogP contribution < -0.4 is 31.9 Å². The lowest BCUT2D eigenvalue weighted by atomic mass is 10.1. The van der Waals surface area contributed by atoms with Gasteiger partial charge in [0.05, 0.1) is 0 Å². The van der Waals surface area contributed by atoms with E-state index in [0.717, 1.165) is 45.5 Å². The molecule has 0 saturated carbocycles. The Balaban J connectivity index is 0.00000225. The number of hydrogen-bond acceptors (Lipinski definition) is 4. The molecule has 4 nitrogen and oxygen atoms in total. The van der Waals surface area contributed by atoms with Crippen molar-refractivity contribution in [2.45, 2.75) is 19.7 Å².